The van der Waals surface area contributed by atoms with Crippen LogP contribution in [0.5, 0.6) is 0 Å². The fraction of sp³-hybridized carbons (Fsp3) is 0.389. The lowest BCUT2D eigenvalue weighted by Gasteiger charge is -2.16. The Labute approximate surface area is 142 Å². The van der Waals surface area contributed by atoms with Gasteiger partial charge in [0.1, 0.15) is 11.6 Å². The average molecular weight is 325 g/mol. The van der Waals surface area contributed by atoms with Gasteiger partial charge >= 0.3 is 6.03 Å². The predicted octanol–water partition coefficient (Wildman–Crippen LogP) is 3.02. The van der Waals surface area contributed by atoms with Gasteiger partial charge in [-0.2, -0.15) is 0 Å². The lowest BCUT2D eigenvalue weighted by molar-refractivity contribution is 0.251. The molecule has 2 aromatic rings. The highest BCUT2D eigenvalue weighted by Gasteiger charge is 2.14. The molecule has 6 nitrogen and oxygen atoms in total. The van der Waals surface area contributed by atoms with Crippen LogP contribution in [0.2, 0.25) is 0 Å². The lowest BCUT2D eigenvalue weighted by atomic mass is 10.1. The molecule has 1 aromatic carbocycles. The largest absolute Gasteiger partial charge is 0.357 e. The number of nitrogens with one attached hydrogen (secondary N) is 2. The summed E-state index contributed by atoms with van der Waals surface area (Å²) < 4.78 is 0. The molecule has 1 aliphatic heterocycles. The molecule has 1 aromatic heterocycles. The second kappa shape index (κ2) is 7.29. The molecule has 1 fully saturated rings. The summed E-state index contributed by atoms with van der Waals surface area (Å²) in [7, 11) is 0. The topological polar surface area (TPSA) is 70.2 Å². The molecule has 1 saturated heterocycles. The van der Waals surface area contributed by atoms with Crippen LogP contribution in [-0.4, -0.2) is 29.1 Å². The van der Waals surface area contributed by atoms with Crippen molar-refractivity contribution in [2.45, 2.75) is 33.2 Å². The number of aromatic nitrogens is 2. The van der Waals surface area contributed by atoms with Gasteiger partial charge < -0.3 is 15.5 Å². The van der Waals surface area contributed by atoms with Crippen molar-refractivity contribution in [3.05, 3.63) is 47.4 Å². The zero-order valence-electron chi connectivity index (χ0n) is 14.2. The van der Waals surface area contributed by atoms with E-state index in [-0.39, 0.29) is 6.03 Å². The molecule has 0 atom stereocenters. The quantitative estimate of drug-likeness (QED) is 0.906. The van der Waals surface area contributed by atoms with Gasteiger partial charge in [-0.3, -0.25) is 0 Å². The number of nitrogens with zero attached hydrogens (tertiary/aromatic N) is 3. The van der Waals surface area contributed by atoms with Crippen LogP contribution in [0.25, 0.3) is 0 Å². The first-order valence-corrected chi connectivity index (χ1v) is 8.31. The van der Waals surface area contributed by atoms with Crippen LogP contribution in [-0.2, 0) is 6.54 Å². The molecular weight excluding hydrogens is 302 g/mol. The monoisotopic (exact) mass is 325 g/mol. The molecule has 2 heterocycles. The minimum atomic E-state index is -0.251. The first kappa shape index (κ1) is 16.2. The summed E-state index contributed by atoms with van der Waals surface area (Å²) in [4.78, 5) is 23.1. The number of benzene rings is 1. The highest BCUT2D eigenvalue weighted by molar-refractivity contribution is 5.90. The maximum absolute atomic E-state index is 12.1. The van der Waals surface area contributed by atoms with Crippen molar-refractivity contribution in [1.29, 1.82) is 0 Å². The van der Waals surface area contributed by atoms with E-state index in [1.54, 1.807) is 6.20 Å². The van der Waals surface area contributed by atoms with Gasteiger partial charge in [0.15, 0.2) is 0 Å². The smallest absolute Gasteiger partial charge is 0.319 e. The number of hydrogen-bond acceptors (Lipinski definition) is 4. The van der Waals surface area contributed by atoms with E-state index in [1.807, 2.05) is 38.1 Å². The Kier molecular flexibility index (Phi) is 4.93. The Balaban J connectivity index is 1.58. The van der Waals surface area contributed by atoms with Gasteiger partial charge in [0.25, 0.3) is 0 Å². The van der Waals surface area contributed by atoms with Crippen molar-refractivity contribution in [3.63, 3.8) is 0 Å². The summed E-state index contributed by atoms with van der Waals surface area (Å²) in [6, 6.07) is 7.52. The van der Waals surface area contributed by atoms with Gasteiger partial charge in [0.05, 0.1) is 6.54 Å². The summed E-state index contributed by atoms with van der Waals surface area (Å²) in [6.07, 6.45) is 4.16. The Morgan fingerprint density at radius 3 is 2.79 bits per heavy atom. The Morgan fingerprint density at radius 2 is 2.00 bits per heavy atom. The third kappa shape index (κ3) is 3.82. The zero-order chi connectivity index (χ0) is 16.9. The first-order valence-electron chi connectivity index (χ1n) is 8.31. The number of carbonyl (C=O) groups excluding carboxylic acids is 1. The summed E-state index contributed by atoms with van der Waals surface area (Å²) in [6.45, 7) is 6.40. The number of urea groups is 1. The third-order valence-corrected chi connectivity index (χ3v) is 4.38. The predicted molar refractivity (Wildman–Crippen MR) is 95.3 cm³/mol. The maximum Gasteiger partial charge on any atom is 0.319 e. The van der Waals surface area contributed by atoms with Crippen LogP contribution in [0.15, 0.2) is 30.5 Å². The van der Waals surface area contributed by atoms with E-state index in [0.717, 1.165) is 35.7 Å². The number of anilines is 2. The number of hydrogen-bond donors (Lipinski definition) is 2. The Bertz CT molecular complexity index is 725. The summed E-state index contributed by atoms with van der Waals surface area (Å²) >= 11 is 0. The van der Waals surface area contributed by atoms with Gasteiger partial charge in [-0.25, -0.2) is 14.8 Å². The second-order valence-corrected chi connectivity index (χ2v) is 6.08. The SMILES string of the molecule is Cc1cccc(NC(=O)NCc2nccc(N3CCCC3)n2)c1C. The molecule has 0 bridgehead atoms. The fourth-order valence-corrected chi connectivity index (χ4v) is 2.81. The molecule has 2 N–H and O–H groups in total. The lowest BCUT2D eigenvalue weighted by Crippen LogP contribution is -2.29. The minimum Gasteiger partial charge on any atom is -0.357 e. The summed E-state index contributed by atoms with van der Waals surface area (Å²) in [5, 5.41) is 5.69. The van der Waals surface area contributed by atoms with E-state index in [2.05, 4.69) is 25.5 Å². The van der Waals surface area contributed by atoms with Gasteiger partial charge in [-0.15, -0.1) is 0 Å². The van der Waals surface area contributed by atoms with Crippen molar-refractivity contribution in [1.82, 2.24) is 15.3 Å². The molecule has 2 amide bonds. The number of rotatable bonds is 4. The van der Waals surface area contributed by atoms with Crippen LogP contribution in [0, 0.1) is 13.8 Å². The molecule has 0 aliphatic carbocycles. The third-order valence-electron chi connectivity index (χ3n) is 4.38. The van der Waals surface area contributed by atoms with Crippen molar-refractivity contribution in [2.75, 3.05) is 23.3 Å². The molecule has 0 saturated carbocycles. The van der Waals surface area contributed by atoms with Crippen molar-refractivity contribution >= 4 is 17.5 Å². The van der Waals surface area contributed by atoms with Gasteiger partial charge in [-0.05, 0) is 49.9 Å². The molecule has 126 valence electrons. The summed E-state index contributed by atoms with van der Waals surface area (Å²) in [5.74, 6) is 1.56. The molecule has 0 radical (unpaired) electrons. The van der Waals surface area contributed by atoms with Gasteiger partial charge in [-0.1, -0.05) is 12.1 Å². The zero-order valence-corrected chi connectivity index (χ0v) is 14.2. The standard InChI is InChI=1S/C18H23N5O/c1-13-6-5-7-15(14(13)2)21-18(24)20-12-16-19-9-8-17(22-16)23-10-3-4-11-23/h5-9H,3-4,10-12H2,1-2H3,(H2,20,21,24). The van der Waals surface area contributed by atoms with Crippen LogP contribution >= 0.6 is 0 Å². The first-order chi connectivity index (χ1) is 11.6. The molecular formula is C18H23N5O. The van der Waals surface area contributed by atoms with Crippen molar-refractivity contribution in [3.8, 4) is 0 Å². The fourth-order valence-electron chi connectivity index (χ4n) is 2.81. The average Bonchev–Trinajstić information content (AvgIpc) is 3.12. The van der Waals surface area contributed by atoms with E-state index >= 15 is 0 Å². The van der Waals surface area contributed by atoms with E-state index in [4.69, 9.17) is 0 Å². The molecule has 0 spiro atoms. The Hall–Kier alpha value is -2.63. The molecule has 24 heavy (non-hydrogen) atoms. The van der Waals surface area contributed by atoms with E-state index in [1.165, 1.54) is 12.8 Å². The molecule has 6 heteroatoms. The highest BCUT2D eigenvalue weighted by atomic mass is 16.2. The van der Waals surface area contributed by atoms with Gasteiger partial charge in [0.2, 0.25) is 0 Å². The summed E-state index contributed by atoms with van der Waals surface area (Å²) in [5.41, 5.74) is 3.04. The van der Waals surface area contributed by atoms with E-state index in [9.17, 15) is 4.79 Å². The van der Waals surface area contributed by atoms with Crippen molar-refractivity contribution in [2.24, 2.45) is 0 Å². The maximum atomic E-state index is 12.1. The van der Waals surface area contributed by atoms with E-state index < -0.39 is 0 Å². The number of carbonyl (C=O) groups is 1. The van der Waals surface area contributed by atoms with E-state index in [0.29, 0.717) is 12.4 Å². The van der Waals surface area contributed by atoms with Crippen molar-refractivity contribution < 1.29 is 4.79 Å². The normalized spacial score (nSPS) is 13.8. The molecule has 1 aliphatic rings. The molecule has 3 rings (SSSR count). The van der Waals surface area contributed by atoms with Gasteiger partial charge in [0, 0.05) is 25.0 Å². The van der Waals surface area contributed by atoms with Crippen LogP contribution in [0.1, 0.15) is 29.8 Å². The van der Waals surface area contributed by atoms with Crippen LogP contribution < -0.4 is 15.5 Å². The minimum absolute atomic E-state index is 0.251. The highest BCUT2D eigenvalue weighted by Crippen LogP contribution is 2.18. The number of aryl methyl sites for hydroxylation is 1. The Morgan fingerprint density at radius 1 is 1.21 bits per heavy atom. The number of amides is 2. The van der Waals surface area contributed by atoms with Crippen LogP contribution in [0.4, 0.5) is 16.3 Å². The second-order valence-electron chi connectivity index (χ2n) is 6.08. The van der Waals surface area contributed by atoms with Crippen LogP contribution in [0.3, 0.4) is 0 Å². The molecule has 0 unspecified atom stereocenters.